The summed E-state index contributed by atoms with van der Waals surface area (Å²) in [5, 5.41) is 16.1. The highest BCUT2D eigenvalue weighted by Crippen LogP contribution is 2.32. The first-order chi connectivity index (χ1) is 11.0. The van der Waals surface area contributed by atoms with E-state index in [1.807, 2.05) is 0 Å². The third-order valence-corrected chi connectivity index (χ3v) is 3.39. The summed E-state index contributed by atoms with van der Waals surface area (Å²) >= 11 is 0. The van der Waals surface area contributed by atoms with E-state index in [0.717, 1.165) is 10.9 Å². The van der Waals surface area contributed by atoms with Gasteiger partial charge < -0.3 is 9.25 Å². The summed E-state index contributed by atoms with van der Waals surface area (Å²) in [5.74, 6) is -0.505. The number of carbonyl (C=O) groups is 1. The molecule has 7 heteroatoms. The number of fused-ring (bicyclic) bond motifs is 3. The molecule has 1 heterocycles. The van der Waals surface area contributed by atoms with E-state index >= 15 is 0 Å². The topological polar surface area (TPSA) is 94.9 Å². The second-order valence-corrected chi connectivity index (χ2v) is 5.01. The monoisotopic (exact) mass is 312 g/mol. The van der Waals surface area contributed by atoms with E-state index in [9.17, 15) is 14.9 Å². The van der Waals surface area contributed by atoms with E-state index in [1.165, 1.54) is 19.1 Å². The van der Waals surface area contributed by atoms with E-state index in [-0.39, 0.29) is 5.69 Å². The van der Waals surface area contributed by atoms with Crippen LogP contribution < -0.4 is 0 Å². The summed E-state index contributed by atoms with van der Waals surface area (Å²) in [6.45, 7) is 2.97. The molecule has 7 nitrogen and oxygen atoms in total. The highest BCUT2D eigenvalue weighted by atomic mass is 16.7. The summed E-state index contributed by atoms with van der Waals surface area (Å²) < 4.78 is 5.67. The molecule has 23 heavy (non-hydrogen) atoms. The average Bonchev–Trinajstić information content (AvgIpc) is 2.89. The molecule has 0 N–H and O–H groups in total. The zero-order chi connectivity index (χ0) is 16.6. The first-order valence-corrected chi connectivity index (χ1v) is 6.79. The van der Waals surface area contributed by atoms with E-state index in [0.29, 0.717) is 22.3 Å². The summed E-state index contributed by atoms with van der Waals surface area (Å²) in [5.41, 5.74) is 2.42. The number of furan rings is 1. The number of carbonyl (C=O) groups excluding carboxylic acids is 1. The summed E-state index contributed by atoms with van der Waals surface area (Å²) in [6.07, 6.45) is 0. The maximum atomic E-state index is 10.9. The van der Waals surface area contributed by atoms with E-state index < -0.39 is 10.9 Å². The first-order valence-electron chi connectivity index (χ1n) is 6.79. The molecule has 0 amide bonds. The second kappa shape index (κ2) is 5.53. The smallest absolute Gasteiger partial charge is 0.331 e. The van der Waals surface area contributed by atoms with Gasteiger partial charge in [-0.25, -0.2) is 4.79 Å². The molecule has 0 aliphatic heterocycles. The predicted molar refractivity (Wildman–Crippen MR) is 84.4 cm³/mol. The maximum Gasteiger partial charge on any atom is 0.331 e. The average molecular weight is 312 g/mol. The van der Waals surface area contributed by atoms with Gasteiger partial charge in [-0.2, -0.15) is 0 Å². The Kier molecular flexibility index (Phi) is 3.53. The van der Waals surface area contributed by atoms with Crippen LogP contribution in [-0.2, 0) is 9.63 Å². The molecule has 1 aromatic heterocycles. The normalized spacial score (nSPS) is 11.8. The van der Waals surface area contributed by atoms with Crippen LogP contribution in [0.5, 0.6) is 0 Å². The van der Waals surface area contributed by atoms with Crippen LogP contribution >= 0.6 is 0 Å². The number of hydrogen-bond donors (Lipinski definition) is 0. The minimum Gasteiger partial charge on any atom is -0.456 e. The van der Waals surface area contributed by atoms with Crippen molar-refractivity contribution in [2.24, 2.45) is 5.16 Å². The fourth-order valence-electron chi connectivity index (χ4n) is 2.29. The third kappa shape index (κ3) is 2.76. The van der Waals surface area contributed by atoms with Crippen molar-refractivity contribution in [1.29, 1.82) is 0 Å². The van der Waals surface area contributed by atoms with Crippen molar-refractivity contribution in [2.45, 2.75) is 13.8 Å². The van der Waals surface area contributed by atoms with Gasteiger partial charge in [0, 0.05) is 29.8 Å². The van der Waals surface area contributed by atoms with Crippen LogP contribution in [0, 0.1) is 10.1 Å². The second-order valence-electron chi connectivity index (χ2n) is 5.01. The van der Waals surface area contributed by atoms with E-state index in [4.69, 9.17) is 4.42 Å². The van der Waals surface area contributed by atoms with E-state index in [2.05, 4.69) is 9.99 Å². The molecule has 0 aliphatic rings. The Morgan fingerprint density at radius 2 is 1.78 bits per heavy atom. The quantitative estimate of drug-likeness (QED) is 0.317. The Hall–Kier alpha value is -3.22. The maximum absolute atomic E-state index is 10.9. The Bertz CT molecular complexity index is 971. The standard InChI is InChI=1S/C16H12N2O5/c1-9(17-23-10(2)19)11-3-5-15-13(7-11)14-8-12(18(20)21)4-6-16(14)22-15/h3-8H,1-2H3/b17-9+. The summed E-state index contributed by atoms with van der Waals surface area (Å²) in [7, 11) is 0. The van der Waals surface area contributed by atoms with Crippen LogP contribution in [0.15, 0.2) is 46.0 Å². The van der Waals surface area contributed by atoms with Crippen molar-refractivity contribution < 1.29 is 19.0 Å². The molecule has 0 saturated carbocycles. The van der Waals surface area contributed by atoms with Crippen LogP contribution in [0.25, 0.3) is 21.9 Å². The Labute approximate surface area is 130 Å². The lowest BCUT2D eigenvalue weighted by molar-refractivity contribution is -0.384. The lowest BCUT2D eigenvalue weighted by Crippen LogP contribution is -1.99. The van der Waals surface area contributed by atoms with Crippen LogP contribution in [0.4, 0.5) is 5.69 Å². The van der Waals surface area contributed by atoms with Gasteiger partial charge in [-0.1, -0.05) is 5.16 Å². The molecule has 3 aromatic rings. The molecular formula is C16H12N2O5. The summed E-state index contributed by atoms with van der Waals surface area (Å²) in [6, 6.07) is 9.79. The number of nitro groups is 1. The zero-order valence-corrected chi connectivity index (χ0v) is 12.4. The van der Waals surface area contributed by atoms with Crippen molar-refractivity contribution in [3.05, 3.63) is 52.1 Å². The minimum absolute atomic E-state index is 0.00379. The van der Waals surface area contributed by atoms with Gasteiger partial charge in [0.1, 0.15) is 11.2 Å². The van der Waals surface area contributed by atoms with Gasteiger partial charge in [-0.3, -0.25) is 10.1 Å². The SMILES string of the molecule is CC(=O)O/N=C(\C)c1ccc2oc3ccc([N+](=O)[O-])cc3c2c1. The minimum atomic E-state index is -0.505. The molecule has 0 unspecified atom stereocenters. The molecule has 0 saturated heterocycles. The third-order valence-electron chi connectivity index (χ3n) is 3.39. The molecule has 0 fully saturated rings. The molecule has 2 aromatic carbocycles. The van der Waals surface area contributed by atoms with E-state index in [1.54, 1.807) is 31.2 Å². The number of benzene rings is 2. The van der Waals surface area contributed by atoms with Gasteiger partial charge >= 0.3 is 5.97 Å². The van der Waals surface area contributed by atoms with Gasteiger partial charge in [0.05, 0.1) is 10.6 Å². The van der Waals surface area contributed by atoms with Gasteiger partial charge in [0.25, 0.3) is 5.69 Å². The van der Waals surface area contributed by atoms with Gasteiger partial charge in [-0.05, 0) is 36.8 Å². The number of oxime groups is 1. The molecule has 0 spiro atoms. The predicted octanol–water partition coefficient (Wildman–Crippen LogP) is 3.78. The van der Waals surface area contributed by atoms with Crippen molar-refractivity contribution in [3.8, 4) is 0 Å². The molecular weight excluding hydrogens is 300 g/mol. The van der Waals surface area contributed by atoms with Crippen molar-refractivity contribution in [3.63, 3.8) is 0 Å². The molecule has 0 atom stereocenters. The summed E-state index contributed by atoms with van der Waals surface area (Å²) in [4.78, 5) is 25.9. The molecule has 0 aliphatic carbocycles. The largest absolute Gasteiger partial charge is 0.456 e. The molecule has 116 valence electrons. The lowest BCUT2D eigenvalue weighted by Gasteiger charge is -2.00. The van der Waals surface area contributed by atoms with Crippen LogP contribution in [0.1, 0.15) is 19.4 Å². The highest BCUT2D eigenvalue weighted by molar-refractivity contribution is 6.09. The lowest BCUT2D eigenvalue weighted by atomic mass is 10.1. The zero-order valence-electron chi connectivity index (χ0n) is 12.4. The number of non-ortho nitro benzene ring substituents is 1. The number of rotatable bonds is 3. The molecule has 3 rings (SSSR count). The van der Waals surface area contributed by atoms with Gasteiger partial charge in [-0.15, -0.1) is 0 Å². The fraction of sp³-hybridized carbons (Fsp3) is 0.125. The fourth-order valence-corrected chi connectivity index (χ4v) is 2.29. The van der Waals surface area contributed by atoms with Gasteiger partial charge in [0.15, 0.2) is 0 Å². The van der Waals surface area contributed by atoms with Crippen molar-refractivity contribution >= 4 is 39.3 Å². The Morgan fingerprint density at radius 3 is 2.43 bits per heavy atom. The van der Waals surface area contributed by atoms with Crippen molar-refractivity contribution in [1.82, 2.24) is 0 Å². The highest BCUT2D eigenvalue weighted by Gasteiger charge is 2.13. The number of nitrogens with zero attached hydrogens (tertiary/aromatic N) is 2. The molecule has 0 bridgehead atoms. The van der Waals surface area contributed by atoms with Crippen LogP contribution in [0.3, 0.4) is 0 Å². The number of hydrogen-bond acceptors (Lipinski definition) is 6. The van der Waals surface area contributed by atoms with Crippen molar-refractivity contribution in [2.75, 3.05) is 0 Å². The Morgan fingerprint density at radius 1 is 1.13 bits per heavy atom. The first kappa shape index (κ1) is 14.7. The number of nitro benzene ring substituents is 1. The molecule has 0 radical (unpaired) electrons. The van der Waals surface area contributed by atoms with Gasteiger partial charge in [0.2, 0.25) is 0 Å². The Balaban J connectivity index is 2.15. The van der Waals surface area contributed by atoms with Crippen LogP contribution in [0.2, 0.25) is 0 Å². The van der Waals surface area contributed by atoms with Crippen LogP contribution in [-0.4, -0.2) is 16.6 Å².